The molecule has 3 heteroatoms. The van der Waals surface area contributed by atoms with Gasteiger partial charge in [-0.15, -0.1) is 11.8 Å². The molecular weight excluding hydrogens is 281 g/mol. The van der Waals surface area contributed by atoms with Crippen molar-refractivity contribution in [2.24, 2.45) is 0 Å². The predicted octanol–water partition coefficient (Wildman–Crippen LogP) is 4.95. The van der Waals surface area contributed by atoms with Crippen molar-refractivity contribution in [2.45, 2.75) is 31.2 Å². The molecule has 0 saturated heterocycles. The van der Waals surface area contributed by atoms with Gasteiger partial charge in [-0.05, 0) is 61.0 Å². The van der Waals surface area contributed by atoms with Gasteiger partial charge in [-0.1, -0.05) is 31.2 Å². The third-order valence-electron chi connectivity index (χ3n) is 3.60. The fraction of sp³-hybridized carbons (Fsp3) is 0.333. The van der Waals surface area contributed by atoms with Crippen molar-refractivity contribution >= 4 is 11.8 Å². The molecule has 0 spiro atoms. The highest BCUT2D eigenvalue weighted by Crippen LogP contribution is 2.32. The van der Waals surface area contributed by atoms with Crippen molar-refractivity contribution in [3.8, 4) is 0 Å². The molecule has 1 unspecified atom stereocenters. The molecule has 1 N–H and O–H groups in total. The largest absolute Gasteiger partial charge is 0.306 e. The molecule has 0 bridgehead atoms. The van der Waals surface area contributed by atoms with Crippen LogP contribution in [-0.4, -0.2) is 12.8 Å². The molecule has 112 valence electrons. The highest BCUT2D eigenvalue weighted by molar-refractivity contribution is 7.98. The summed E-state index contributed by atoms with van der Waals surface area (Å²) in [6.45, 7) is 5.09. The second-order valence-corrected chi connectivity index (χ2v) is 5.98. The Morgan fingerprint density at radius 2 is 1.90 bits per heavy atom. The Hall–Kier alpha value is -1.32. The Morgan fingerprint density at radius 1 is 1.14 bits per heavy atom. The van der Waals surface area contributed by atoms with Gasteiger partial charge in [0.25, 0.3) is 0 Å². The van der Waals surface area contributed by atoms with Gasteiger partial charge in [-0.2, -0.15) is 0 Å². The maximum atomic E-state index is 13.7. The quantitative estimate of drug-likeness (QED) is 0.758. The van der Waals surface area contributed by atoms with E-state index in [0.29, 0.717) is 0 Å². The highest BCUT2D eigenvalue weighted by atomic mass is 32.2. The van der Waals surface area contributed by atoms with Crippen molar-refractivity contribution in [2.75, 3.05) is 12.8 Å². The maximum Gasteiger partial charge on any atom is 0.123 e. The van der Waals surface area contributed by atoms with Crippen LogP contribution in [-0.2, 0) is 0 Å². The van der Waals surface area contributed by atoms with E-state index in [1.807, 2.05) is 25.1 Å². The molecule has 0 fully saturated rings. The molecule has 0 amide bonds. The van der Waals surface area contributed by atoms with Crippen LogP contribution in [0.1, 0.15) is 36.1 Å². The van der Waals surface area contributed by atoms with E-state index in [-0.39, 0.29) is 11.9 Å². The Bertz CT molecular complexity index is 598. The van der Waals surface area contributed by atoms with Crippen LogP contribution >= 0.6 is 11.8 Å². The van der Waals surface area contributed by atoms with E-state index in [9.17, 15) is 4.39 Å². The Labute approximate surface area is 131 Å². The minimum Gasteiger partial charge on any atom is -0.306 e. The van der Waals surface area contributed by atoms with Crippen LogP contribution in [0.2, 0.25) is 0 Å². The highest BCUT2D eigenvalue weighted by Gasteiger charge is 2.18. The molecule has 0 aliphatic carbocycles. The molecule has 1 nitrogen and oxygen atoms in total. The van der Waals surface area contributed by atoms with Gasteiger partial charge in [0.05, 0.1) is 6.04 Å². The van der Waals surface area contributed by atoms with E-state index in [1.165, 1.54) is 16.5 Å². The second-order valence-electron chi connectivity index (χ2n) is 5.13. The average Bonchev–Trinajstić information content (AvgIpc) is 2.51. The van der Waals surface area contributed by atoms with Gasteiger partial charge in [0.2, 0.25) is 0 Å². The molecule has 0 heterocycles. The van der Waals surface area contributed by atoms with Crippen molar-refractivity contribution < 1.29 is 4.39 Å². The summed E-state index contributed by atoms with van der Waals surface area (Å²) < 4.78 is 13.7. The fourth-order valence-electron chi connectivity index (χ4n) is 2.50. The number of aryl methyl sites for hydroxylation is 1. The van der Waals surface area contributed by atoms with Crippen LogP contribution in [0.4, 0.5) is 4.39 Å². The summed E-state index contributed by atoms with van der Waals surface area (Å²) in [4.78, 5) is 1.23. The molecule has 0 radical (unpaired) electrons. The summed E-state index contributed by atoms with van der Waals surface area (Å²) in [6.07, 6.45) is 3.13. The Balaban J connectivity index is 2.49. The molecule has 2 rings (SSSR count). The number of hydrogen-bond donors (Lipinski definition) is 1. The van der Waals surface area contributed by atoms with Gasteiger partial charge in [0.15, 0.2) is 0 Å². The summed E-state index contributed by atoms with van der Waals surface area (Å²) in [5.74, 6) is -0.180. The minimum atomic E-state index is -0.180. The monoisotopic (exact) mass is 303 g/mol. The van der Waals surface area contributed by atoms with Crippen molar-refractivity contribution in [1.29, 1.82) is 0 Å². The van der Waals surface area contributed by atoms with Crippen LogP contribution in [0.15, 0.2) is 47.4 Å². The van der Waals surface area contributed by atoms with Crippen LogP contribution in [0.25, 0.3) is 0 Å². The van der Waals surface area contributed by atoms with Gasteiger partial charge in [0.1, 0.15) is 5.82 Å². The van der Waals surface area contributed by atoms with E-state index in [4.69, 9.17) is 0 Å². The smallest absolute Gasteiger partial charge is 0.123 e. The van der Waals surface area contributed by atoms with E-state index < -0.39 is 0 Å². The van der Waals surface area contributed by atoms with E-state index in [1.54, 1.807) is 17.8 Å². The molecule has 21 heavy (non-hydrogen) atoms. The number of thioether (sulfide) groups is 1. The number of benzene rings is 2. The molecule has 1 atom stereocenters. The first kappa shape index (κ1) is 16.1. The number of rotatable bonds is 6. The zero-order chi connectivity index (χ0) is 15.2. The lowest BCUT2D eigenvalue weighted by molar-refractivity contribution is 0.578. The lowest BCUT2D eigenvalue weighted by Gasteiger charge is -2.23. The SMILES string of the molecule is CCCNC(c1cc(F)ccc1C)c1ccccc1SC. The van der Waals surface area contributed by atoms with Gasteiger partial charge in [-0.25, -0.2) is 4.39 Å². The minimum absolute atomic E-state index is 0.0318. The Morgan fingerprint density at radius 3 is 2.62 bits per heavy atom. The Kier molecular flexibility index (Phi) is 5.83. The average molecular weight is 303 g/mol. The molecule has 0 aliphatic heterocycles. The summed E-state index contributed by atoms with van der Waals surface area (Å²) in [5.41, 5.74) is 3.35. The van der Waals surface area contributed by atoms with Crippen molar-refractivity contribution in [1.82, 2.24) is 5.32 Å². The summed E-state index contributed by atoms with van der Waals surface area (Å²) in [7, 11) is 0. The van der Waals surface area contributed by atoms with Gasteiger partial charge in [0, 0.05) is 4.90 Å². The first-order valence-corrected chi connectivity index (χ1v) is 8.52. The maximum absolute atomic E-state index is 13.7. The molecule has 2 aromatic rings. The van der Waals surface area contributed by atoms with Gasteiger partial charge in [-0.3, -0.25) is 0 Å². The molecule has 2 aromatic carbocycles. The van der Waals surface area contributed by atoms with Crippen LogP contribution in [0.5, 0.6) is 0 Å². The molecule has 0 aliphatic rings. The third-order valence-corrected chi connectivity index (χ3v) is 4.41. The van der Waals surface area contributed by atoms with Gasteiger partial charge >= 0.3 is 0 Å². The molecular formula is C18H22FNS. The van der Waals surface area contributed by atoms with Crippen LogP contribution in [0.3, 0.4) is 0 Å². The zero-order valence-corrected chi connectivity index (χ0v) is 13.6. The molecule has 0 aromatic heterocycles. The van der Waals surface area contributed by atoms with Crippen LogP contribution in [0, 0.1) is 12.7 Å². The predicted molar refractivity (Wildman–Crippen MR) is 89.5 cm³/mol. The number of hydrogen-bond acceptors (Lipinski definition) is 2. The van der Waals surface area contributed by atoms with Crippen molar-refractivity contribution in [3.05, 3.63) is 65.0 Å². The first-order valence-electron chi connectivity index (χ1n) is 7.29. The van der Waals surface area contributed by atoms with Crippen LogP contribution < -0.4 is 5.32 Å². The normalized spacial score (nSPS) is 12.4. The number of nitrogens with one attached hydrogen (secondary N) is 1. The standard InChI is InChI=1S/C18H22FNS/c1-4-11-20-18(15-7-5-6-8-17(15)21-3)16-12-14(19)10-9-13(16)2/h5-10,12,18,20H,4,11H2,1-3H3. The second kappa shape index (κ2) is 7.62. The molecule has 0 saturated carbocycles. The zero-order valence-electron chi connectivity index (χ0n) is 12.8. The third kappa shape index (κ3) is 3.86. The van der Waals surface area contributed by atoms with E-state index in [0.717, 1.165) is 24.1 Å². The topological polar surface area (TPSA) is 12.0 Å². The summed E-state index contributed by atoms with van der Waals surface area (Å²) in [6, 6.07) is 13.4. The van der Waals surface area contributed by atoms with Gasteiger partial charge < -0.3 is 5.32 Å². The van der Waals surface area contributed by atoms with E-state index >= 15 is 0 Å². The lowest BCUT2D eigenvalue weighted by atomic mass is 9.94. The van der Waals surface area contributed by atoms with Crippen molar-refractivity contribution in [3.63, 3.8) is 0 Å². The summed E-state index contributed by atoms with van der Waals surface area (Å²) in [5, 5.41) is 3.56. The lowest BCUT2D eigenvalue weighted by Crippen LogP contribution is -2.24. The first-order chi connectivity index (χ1) is 10.2. The summed E-state index contributed by atoms with van der Waals surface area (Å²) >= 11 is 1.73. The number of halogens is 1. The fourth-order valence-corrected chi connectivity index (χ4v) is 3.14. The van der Waals surface area contributed by atoms with E-state index in [2.05, 4.69) is 30.6 Å².